The molecule has 1 aliphatic carbocycles. The molecule has 11 heteroatoms. The first-order valence-corrected chi connectivity index (χ1v) is 12.9. The maximum Gasteiger partial charge on any atom is 0.244 e. The number of para-hydroxylation sites is 1. The van der Waals surface area contributed by atoms with Crippen molar-refractivity contribution < 1.29 is 17.9 Å². The van der Waals surface area contributed by atoms with E-state index in [1.54, 1.807) is 12.1 Å². The van der Waals surface area contributed by atoms with E-state index in [2.05, 4.69) is 20.0 Å². The Balaban J connectivity index is 0.00000342. The molecule has 0 spiro atoms. The van der Waals surface area contributed by atoms with E-state index in [9.17, 15) is 8.42 Å². The van der Waals surface area contributed by atoms with Crippen molar-refractivity contribution in [1.82, 2.24) is 14.7 Å². The van der Waals surface area contributed by atoms with Crippen molar-refractivity contribution in [1.29, 1.82) is 0 Å². The average molecular weight is 522 g/mol. The molecule has 0 radical (unpaired) electrons. The number of anilines is 2. The normalized spacial score (nSPS) is 18.0. The van der Waals surface area contributed by atoms with Crippen molar-refractivity contribution in [3.8, 4) is 11.5 Å². The summed E-state index contributed by atoms with van der Waals surface area (Å²) < 4.78 is 38.9. The minimum Gasteiger partial charge on any atom is -0.497 e. The van der Waals surface area contributed by atoms with Gasteiger partial charge in [0.2, 0.25) is 16.0 Å². The number of ether oxygens (including phenoxy) is 2. The van der Waals surface area contributed by atoms with E-state index in [1.165, 1.54) is 20.3 Å². The number of fused-ring (bicyclic) bond motifs is 1. The quantitative estimate of drug-likeness (QED) is 0.387. The third-order valence-electron chi connectivity index (χ3n) is 6.37. The van der Waals surface area contributed by atoms with Crippen molar-refractivity contribution in [2.45, 2.75) is 30.6 Å². The molecule has 0 unspecified atom stereocenters. The lowest BCUT2D eigenvalue weighted by atomic mass is 9.82. The van der Waals surface area contributed by atoms with Crippen LogP contribution in [0.3, 0.4) is 0 Å². The summed E-state index contributed by atoms with van der Waals surface area (Å²) in [5.41, 5.74) is 6.89. The molecule has 4 N–H and O–H groups in total. The fraction of sp³-hybridized carbons (Fsp3) is 0.417. The van der Waals surface area contributed by atoms with Crippen LogP contribution in [0, 0.1) is 11.8 Å². The van der Waals surface area contributed by atoms with Gasteiger partial charge >= 0.3 is 0 Å². The highest BCUT2D eigenvalue weighted by Gasteiger charge is 2.25. The van der Waals surface area contributed by atoms with Crippen LogP contribution in [0.2, 0.25) is 0 Å². The fourth-order valence-corrected chi connectivity index (χ4v) is 5.65. The van der Waals surface area contributed by atoms with Crippen molar-refractivity contribution in [3.63, 3.8) is 0 Å². The molecule has 35 heavy (non-hydrogen) atoms. The van der Waals surface area contributed by atoms with Crippen LogP contribution in [0.1, 0.15) is 25.7 Å². The SMILES string of the molecule is COc1ccc(OC)c(S(=O)(=O)NCC2CCC(CNc3nc(N)c4ccccc4n3)CC2)c1.Cl. The van der Waals surface area contributed by atoms with Crippen LogP contribution in [0.4, 0.5) is 11.8 Å². The number of hydrogen-bond donors (Lipinski definition) is 3. The minimum absolute atomic E-state index is 0. The summed E-state index contributed by atoms with van der Waals surface area (Å²) in [6, 6.07) is 12.4. The predicted octanol–water partition coefficient (Wildman–Crippen LogP) is 3.85. The highest BCUT2D eigenvalue weighted by Crippen LogP contribution is 2.31. The van der Waals surface area contributed by atoms with E-state index in [1.807, 2.05) is 24.3 Å². The van der Waals surface area contributed by atoms with E-state index in [4.69, 9.17) is 15.2 Å². The zero-order chi connectivity index (χ0) is 24.1. The zero-order valence-corrected chi connectivity index (χ0v) is 21.5. The molecular weight excluding hydrogens is 490 g/mol. The fourth-order valence-electron chi connectivity index (χ4n) is 4.35. The molecule has 1 saturated carbocycles. The molecule has 0 aliphatic heterocycles. The Kier molecular flexibility index (Phi) is 8.98. The van der Waals surface area contributed by atoms with Gasteiger partial charge in [0, 0.05) is 24.5 Å². The lowest BCUT2D eigenvalue weighted by Crippen LogP contribution is -2.32. The van der Waals surface area contributed by atoms with Gasteiger partial charge < -0.3 is 20.5 Å². The number of benzene rings is 2. The van der Waals surface area contributed by atoms with Crippen LogP contribution in [0.5, 0.6) is 11.5 Å². The summed E-state index contributed by atoms with van der Waals surface area (Å²) in [5.74, 6) is 2.53. The van der Waals surface area contributed by atoms with Crippen molar-refractivity contribution >= 4 is 45.1 Å². The lowest BCUT2D eigenvalue weighted by molar-refractivity contribution is 0.284. The zero-order valence-electron chi connectivity index (χ0n) is 19.9. The summed E-state index contributed by atoms with van der Waals surface area (Å²) in [7, 11) is -0.761. The van der Waals surface area contributed by atoms with Gasteiger partial charge in [0.25, 0.3) is 0 Å². The monoisotopic (exact) mass is 521 g/mol. The van der Waals surface area contributed by atoms with Crippen molar-refractivity contribution in [2.24, 2.45) is 11.8 Å². The molecule has 2 aromatic carbocycles. The Bertz CT molecular complexity index is 1250. The average Bonchev–Trinajstić information content (AvgIpc) is 2.86. The number of rotatable bonds is 9. The summed E-state index contributed by atoms with van der Waals surface area (Å²) in [5, 5.41) is 4.17. The second-order valence-electron chi connectivity index (χ2n) is 8.59. The third-order valence-corrected chi connectivity index (χ3v) is 7.81. The van der Waals surface area contributed by atoms with Gasteiger partial charge in [-0.2, -0.15) is 4.98 Å². The van der Waals surface area contributed by atoms with E-state index in [0.717, 1.165) is 43.1 Å². The topological polar surface area (TPSA) is 128 Å². The molecule has 0 atom stereocenters. The molecular formula is C24H32ClN5O4S. The maximum absolute atomic E-state index is 12.9. The van der Waals surface area contributed by atoms with Gasteiger partial charge in [-0.15, -0.1) is 12.4 Å². The highest BCUT2D eigenvalue weighted by molar-refractivity contribution is 7.89. The molecule has 0 saturated heterocycles. The number of nitrogens with two attached hydrogens (primary N) is 1. The molecule has 1 aromatic heterocycles. The number of nitrogen functional groups attached to an aromatic ring is 1. The van der Waals surface area contributed by atoms with Crippen LogP contribution in [-0.4, -0.2) is 45.7 Å². The number of aromatic nitrogens is 2. The van der Waals surface area contributed by atoms with E-state index >= 15 is 0 Å². The Morgan fingerprint density at radius 1 is 0.971 bits per heavy atom. The first kappa shape index (κ1) is 26.8. The summed E-state index contributed by atoms with van der Waals surface area (Å²) in [6.45, 7) is 1.16. The van der Waals surface area contributed by atoms with Crippen molar-refractivity contribution in [2.75, 3.05) is 38.4 Å². The molecule has 9 nitrogen and oxygen atoms in total. The predicted molar refractivity (Wildman–Crippen MR) is 140 cm³/mol. The number of methoxy groups -OCH3 is 2. The number of sulfonamides is 1. The smallest absolute Gasteiger partial charge is 0.244 e. The van der Waals surface area contributed by atoms with Crippen molar-refractivity contribution in [3.05, 3.63) is 42.5 Å². The van der Waals surface area contributed by atoms with Gasteiger partial charge in [-0.1, -0.05) is 12.1 Å². The van der Waals surface area contributed by atoms with Gasteiger partial charge in [0.15, 0.2) is 0 Å². The lowest BCUT2D eigenvalue weighted by Gasteiger charge is -2.28. The van der Waals surface area contributed by atoms with E-state index in [-0.39, 0.29) is 23.2 Å². The molecule has 190 valence electrons. The number of hydrogen-bond acceptors (Lipinski definition) is 8. The summed E-state index contributed by atoms with van der Waals surface area (Å²) >= 11 is 0. The van der Waals surface area contributed by atoms with Gasteiger partial charge in [-0.25, -0.2) is 18.1 Å². The van der Waals surface area contributed by atoms with E-state index < -0.39 is 10.0 Å². The Morgan fingerprint density at radius 2 is 1.66 bits per heavy atom. The summed E-state index contributed by atoms with van der Waals surface area (Å²) in [4.78, 5) is 9.01. The maximum atomic E-state index is 12.9. The standard InChI is InChI=1S/C24H31N5O4S.ClH/c1-32-18-11-12-21(33-2)22(13-18)34(30,31)27-15-17-9-7-16(8-10-17)14-26-24-28-20-6-4-3-5-19(20)23(25)29-24;/h3-6,11-13,16-17,27H,7-10,14-15H2,1-2H3,(H3,25,26,28,29);1H. The van der Waals surface area contributed by atoms with Gasteiger partial charge in [0.1, 0.15) is 22.2 Å². The molecule has 1 aliphatic rings. The minimum atomic E-state index is -3.71. The van der Waals surface area contributed by atoms with Crippen LogP contribution in [0.15, 0.2) is 47.4 Å². The molecule has 3 aromatic rings. The molecule has 0 amide bonds. The molecule has 0 bridgehead atoms. The van der Waals surface area contributed by atoms with Crippen LogP contribution < -0.4 is 25.2 Å². The van der Waals surface area contributed by atoms with Gasteiger partial charge in [-0.05, 0) is 61.8 Å². The van der Waals surface area contributed by atoms with Crippen LogP contribution in [0.25, 0.3) is 10.9 Å². The second kappa shape index (κ2) is 11.7. The van der Waals surface area contributed by atoms with Gasteiger partial charge in [0.05, 0.1) is 19.7 Å². The Labute approximate surface area is 212 Å². The molecule has 1 fully saturated rings. The Hall–Kier alpha value is -2.82. The van der Waals surface area contributed by atoms with Crippen LogP contribution >= 0.6 is 12.4 Å². The van der Waals surface area contributed by atoms with E-state index in [0.29, 0.717) is 35.7 Å². The second-order valence-corrected chi connectivity index (χ2v) is 10.3. The molecule has 4 rings (SSSR count). The van der Waals surface area contributed by atoms with Crippen LogP contribution in [-0.2, 0) is 10.0 Å². The first-order chi connectivity index (χ1) is 16.4. The number of halogens is 1. The number of nitrogens with one attached hydrogen (secondary N) is 2. The first-order valence-electron chi connectivity index (χ1n) is 11.4. The largest absolute Gasteiger partial charge is 0.497 e. The Morgan fingerprint density at radius 3 is 2.34 bits per heavy atom. The summed E-state index contributed by atoms with van der Waals surface area (Å²) in [6.07, 6.45) is 3.91. The number of nitrogens with zero attached hydrogens (tertiary/aromatic N) is 2. The third kappa shape index (κ3) is 6.45. The van der Waals surface area contributed by atoms with Gasteiger partial charge in [-0.3, -0.25) is 0 Å². The molecule has 1 heterocycles. The highest BCUT2D eigenvalue weighted by atomic mass is 35.5.